The summed E-state index contributed by atoms with van der Waals surface area (Å²) in [7, 11) is 1.71. The van der Waals surface area contributed by atoms with E-state index >= 15 is 0 Å². The fourth-order valence-electron chi connectivity index (χ4n) is 1.76. The van der Waals surface area contributed by atoms with Gasteiger partial charge in [0.2, 0.25) is 0 Å². The van der Waals surface area contributed by atoms with Gasteiger partial charge in [0.15, 0.2) is 0 Å². The lowest BCUT2D eigenvalue weighted by atomic mass is 10.1. The summed E-state index contributed by atoms with van der Waals surface area (Å²) in [5.74, 6) is 0.683. The van der Waals surface area contributed by atoms with E-state index in [0.29, 0.717) is 12.5 Å². The molecule has 0 aliphatic rings. The van der Waals surface area contributed by atoms with Crippen LogP contribution in [0.4, 0.5) is 0 Å². The molecule has 0 bridgehead atoms. The van der Waals surface area contributed by atoms with Crippen molar-refractivity contribution >= 4 is 0 Å². The zero-order valence-electron chi connectivity index (χ0n) is 11.1. The van der Waals surface area contributed by atoms with E-state index in [1.54, 1.807) is 7.11 Å². The van der Waals surface area contributed by atoms with Gasteiger partial charge in [-0.25, -0.2) is 4.68 Å². The minimum atomic E-state index is 0.470. The van der Waals surface area contributed by atoms with Crippen LogP contribution in [0, 0.1) is 5.92 Å². The SMILES string of the molecule is COCCCn1nnc(CN)c1CCC(C)C. The summed E-state index contributed by atoms with van der Waals surface area (Å²) in [5, 5.41) is 8.31. The number of methoxy groups -OCH3 is 1. The van der Waals surface area contributed by atoms with Crippen molar-refractivity contribution < 1.29 is 4.74 Å². The van der Waals surface area contributed by atoms with Crippen LogP contribution in [0.15, 0.2) is 0 Å². The van der Waals surface area contributed by atoms with Gasteiger partial charge in [0.1, 0.15) is 0 Å². The van der Waals surface area contributed by atoms with Crippen LogP contribution in [-0.4, -0.2) is 28.7 Å². The Morgan fingerprint density at radius 3 is 2.76 bits per heavy atom. The lowest BCUT2D eigenvalue weighted by Gasteiger charge is -2.09. The topological polar surface area (TPSA) is 66.0 Å². The number of ether oxygens (including phenoxy) is 1. The van der Waals surface area contributed by atoms with Crippen molar-refractivity contribution in [2.45, 2.75) is 46.2 Å². The highest BCUT2D eigenvalue weighted by molar-refractivity contribution is 5.10. The van der Waals surface area contributed by atoms with E-state index in [1.165, 1.54) is 5.69 Å². The van der Waals surface area contributed by atoms with Crippen LogP contribution in [0.3, 0.4) is 0 Å². The molecule has 1 aromatic heterocycles. The second-order valence-electron chi connectivity index (χ2n) is 4.69. The molecule has 0 spiro atoms. The van der Waals surface area contributed by atoms with Gasteiger partial charge in [0.05, 0.1) is 11.4 Å². The van der Waals surface area contributed by atoms with Crippen molar-refractivity contribution in [2.24, 2.45) is 11.7 Å². The normalized spacial score (nSPS) is 11.4. The molecule has 0 atom stereocenters. The van der Waals surface area contributed by atoms with E-state index < -0.39 is 0 Å². The maximum Gasteiger partial charge on any atom is 0.0994 e. The largest absolute Gasteiger partial charge is 0.385 e. The van der Waals surface area contributed by atoms with Crippen LogP contribution < -0.4 is 5.73 Å². The van der Waals surface area contributed by atoms with E-state index in [4.69, 9.17) is 10.5 Å². The highest BCUT2D eigenvalue weighted by Gasteiger charge is 2.11. The first-order chi connectivity index (χ1) is 8.19. The molecule has 5 nitrogen and oxygen atoms in total. The Kier molecular flexibility index (Phi) is 6.15. The molecule has 0 saturated heterocycles. The van der Waals surface area contributed by atoms with Crippen LogP contribution in [0.5, 0.6) is 0 Å². The fourth-order valence-corrected chi connectivity index (χ4v) is 1.76. The molecule has 0 aliphatic heterocycles. The Morgan fingerprint density at radius 1 is 1.41 bits per heavy atom. The molecule has 1 rings (SSSR count). The molecule has 0 fully saturated rings. The average molecular weight is 240 g/mol. The molecule has 1 aromatic rings. The van der Waals surface area contributed by atoms with Gasteiger partial charge in [-0.15, -0.1) is 5.10 Å². The number of nitrogens with zero attached hydrogens (tertiary/aromatic N) is 3. The number of rotatable bonds is 8. The highest BCUT2D eigenvalue weighted by atomic mass is 16.5. The van der Waals surface area contributed by atoms with Crippen LogP contribution in [-0.2, 0) is 24.2 Å². The molecule has 0 aromatic carbocycles. The molecular weight excluding hydrogens is 216 g/mol. The minimum Gasteiger partial charge on any atom is -0.385 e. The Labute approximate surface area is 103 Å². The Morgan fingerprint density at radius 2 is 2.18 bits per heavy atom. The Balaban J connectivity index is 2.64. The molecule has 0 radical (unpaired) electrons. The zero-order chi connectivity index (χ0) is 12.7. The first kappa shape index (κ1) is 14.1. The summed E-state index contributed by atoms with van der Waals surface area (Å²) in [5.41, 5.74) is 7.81. The van der Waals surface area contributed by atoms with Gasteiger partial charge in [-0.1, -0.05) is 19.1 Å². The van der Waals surface area contributed by atoms with E-state index in [9.17, 15) is 0 Å². The third-order valence-corrected chi connectivity index (χ3v) is 2.79. The van der Waals surface area contributed by atoms with Crippen LogP contribution in [0.25, 0.3) is 0 Å². The maximum atomic E-state index is 5.68. The molecule has 98 valence electrons. The zero-order valence-corrected chi connectivity index (χ0v) is 11.1. The Hall–Kier alpha value is -0.940. The van der Waals surface area contributed by atoms with Gasteiger partial charge in [-0.2, -0.15) is 0 Å². The molecule has 0 aliphatic carbocycles. The maximum absolute atomic E-state index is 5.68. The number of hydrogen-bond acceptors (Lipinski definition) is 4. The number of aromatic nitrogens is 3. The van der Waals surface area contributed by atoms with E-state index in [1.807, 2.05) is 4.68 Å². The summed E-state index contributed by atoms with van der Waals surface area (Å²) in [6.07, 6.45) is 3.10. The molecular formula is C12H24N4O. The van der Waals surface area contributed by atoms with E-state index in [-0.39, 0.29) is 0 Å². The summed E-state index contributed by atoms with van der Waals surface area (Å²) in [6.45, 7) is 6.52. The van der Waals surface area contributed by atoms with E-state index in [0.717, 1.165) is 38.1 Å². The van der Waals surface area contributed by atoms with Crippen molar-refractivity contribution in [1.29, 1.82) is 0 Å². The first-order valence-electron chi connectivity index (χ1n) is 6.29. The van der Waals surface area contributed by atoms with Crippen molar-refractivity contribution in [3.8, 4) is 0 Å². The third kappa shape index (κ3) is 4.44. The predicted octanol–water partition coefficient (Wildman–Crippen LogP) is 1.36. The number of aryl methyl sites for hydroxylation is 1. The van der Waals surface area contributed by atoms with Crippen molar-refractivity contribution in [3.63, 3.8) is 0 Å². The summed E-state index contributed by atoms with van der Waals surface area (Å²) in [6, 6.07) is 0. The minimum absolute atomic E-state index is 0.470. The smallest absolute Gasteiger partial charge is 0.0994 e. The van der Waals surface area contributed by atoms with Gasteiger partial charge in [-0.05, 0) is 25.2 Å². The van der Waals surface area contributed by atoms with Crippen molar-refractivity contribution in [2.75, 3.05) is 13.7 Å². The standard InChI is InChI=1S/C12H24N4O/c1-10(2)5-6-12-11(9-13)14-15-16(12)7-4-8-17-3/h10H,4-9,13H2,1-3H3. The van der Waals surface area contributed by atoms with Crippen molar-refractivity contribution in [3.05, 3.63) is 11.4 Å². The lowest BCUT2D eigenvalue weighted by molar-refractivity contribution is 0.188. The van der Waals surface area contributed by atoms with Crippen LogP contribution >= 0.6 is 0 Å². The van der Waals surface area contributed by atoms with Crippen LogP contribution in [0.2, 0.25) is 0 Å². The molecule has 17 heavy (non-hydrogen) atoms. The number of hydrogen-bond donors (Lipinski definition) is 1. The molecule has 1 heterocycles. The second-order valence-corrected chi connectivity index (χ2v) is 4.69. The average Bonchev–Trinajstić information content (AvgIpc) is 2.69. The van der Waals surface area contributed by atoms with E-state index in [2.05, 4.69) is 24.2 Å². The number of nitrogens with two attached hydrogens (primary N) is 1. The fraction of sp³-hybridized carbons (Fsp3) is 0.833. The first-order valence-corrected chi connectivity index (χ1v) is 6.29. The second kappa shape index (κ2) is 7.40. The summed E-state index contributed by atoms with van der Waals surface area (Å²) in [4.78, 5) is 0. The molecule has 0 unspecified atom stereocenters. The quantitative estimate of drug-likeness (QED) is 0.697. The van der Waals surface area contributed by atoms with Crippen molar-refractivity contribution in [1.82, 2.24) is 15.0 Å². The van der Waals surface area contributed by atoms with Gasteiger partial charge in [0.25, 0.3) is 0 Å². The summed E-state index contributed by atoms with van der Waals surface area (Å²) < 4.78 is 7.02. The molecule has 5 heteroatoms. The van der Waals surface area contributed by atoms with Gasteiger partial charge < -0.3 is 10.5 Å². The third-order valence-electron chi connectivity index (χ3n) is 2.79. The molecule has 0 saturated carbocycles. The van der Waals surface area contributed by atoms with Crippen LogP contribution in [0.1, 0.15) is 38.1 Å². The Bertz CT molecular complexity index is 322. The molecule has 0 amide bonds. The summed E-state index contributed by atoms with van der Waals surface area (Å²) >= 11 is 0. The molecule has 2 N–H and O–H groups in total. The lowest BCUT2D eigenvalue weighted by Crippen LogP contribution is -2.10. The predicted molar refractivity (Wildman–Crippen MR) is 67.6 cm³/mol. The monoisotopic (exact) mass is 240 g/mol. The van der Waals surface area contributed by atoms with Gasteiger partial charge in [-0.3, -0.25) is 0 Å². The van der Waals surface area contributed by atoms with Gasteiger partial charge >= 0.3 is 0 Å². The highest BCUT2D eigenvalue weighted by Crippen LogP contribution is 2.12. The van der Waals surface area contributed by atoms with Gasteiger partial charge in [0, 0.05) is 26.8 Å².